The van der Waals surface area contributed by atoms with Crippen LogP contribution in [0.3, 0.4) is 0 Å². The van der Waals surface area contributed by atoms with Gasteiger partial charge in [0.25, 0.3) is 0 Å². The largest absolute Gasteiger partial charge is 0.478 e. The Morgan fingerprint density at radius 1 is 1.65 bits per heavy atom. The fraction of sp³-hybridized carbons (Fsp3) is 0.500. The molecule has 0 amide bonds. The number of aliphatic carboxylic acids is 1. The Balaban J connectivity index is 2.36. The Morgan fingerprint density at radius 3 is 2.76 bits per heavy atom. The van der Waals surface area contributed by atoms with Gasteiger partial charge < -0.3 is 14.6 Å². The monoisotopic (exact) mass is 240 g/mol. The van der Waals surface area contributed by atoms with Crippen LogP contribution in [-0.2, 0) is 19.1 Å². The second kappa shape index (κ2) is 6.20. The molecule has 0 bridgehead atoms. The number of allylic oxidation sites excluding steroid dienone is 1. The molecule has 1 saturated heterocycles. The molecule has 94 valence electrons. The second-order valence-electron chi connectivity index (χ2n) is 3.91. The molecule has 0 aromatic carbocycles. The topological polar surface area (TPSA) is 76.1 Å². The van der Waals surface area contributed by atoms with Crippen LogP contribution in [0.1, 0.15) is 19.8 Å². The normalized spacial score (nSPS) is 19.9. The van der Waals surface area contributed by atoms with Gasteiger partial charge in [0.2, 0.25) is 0 Å². The minimum absolute atomic E-state index is 0.0588. The number of carbonyl (C=O) groups excluding carboxylic acids is 1. The molecule has 2 atom stereocenters. The lowest BCUT2D eigenvalue weighted by atomic mass is 10.1. The molecule has 0 aliphatic carbocycles. The molecule has 0 saturated carbocycles. The van der Waals surface area contributed by atoms with Crippen LogP contribution in [0.4, 0.5) is 0 Å². The lowest BCUT2D eigenvalue weighted by molar-refractivity contribution is -0.145. The van der Waals surface area contributed by atoms with Crippen molar-refractivity contribution in [3.05, 3.63) is 24.3 Å². The summed E-state index contributed by atoms with van der Waals surface area (Å²) >= 11 is 0. The molecule has 0 aromatic heterocycles. The summed E-state index contributed by atoms with van der Waals surface area (Å²) in [5.41, 5.74) is 0.344. The maximum atomic E-state index is 11.3. The summed E-state index contributed by atoms with van der Waals surface area (Å²) < 4.78 is 10.3. The van der Waals surface area contributed by atoms with E-state index in [1.165, 1.54) is 6.08 Å². The fourth-order valence-corrected chi connectivity index (χ4v) is 1.27. The number of carboxylic acids is 1. The van der Waals surface area contributed by atoms with E-state index in [4.69, 9.17) is 14.6 Å². The summed E-state index contributed by atoms with van der Waals surface area (Å²) in [4.78, 5) is 21.6. The average Bonchev–Trinajstić information content (AvgIpc) is 3.05. The van der Waals surface area contributed by atoms with E-state index in [-0.39, 0.29) is 12.2 Å². The Labute approximate surface area is 99.7 Å². The summed E-state index contributed by atoms with van der Waals surface area (Å²) in [6, 6.07) is 0. The highest BCUT2D eigenvalue weighted by Crippen LogP contribution is 2.22. The molecule has 17 heavy (non-hydrogen) atoms. The number of hydrogen-bond donors (Lipinski definition) is 1. The van der Waals surface area contributed by atoms with Gasteiger partial charge in [-0.25, -0.2) is 9.59 Å². The Morgan fingerprint density at radius 2 is 2.29 bits per heavy atom. The SMILES string of the molecule is C=C(C)C(=O)OC(CCC=CC(=O)O)C1CO1. The van der Waals surface area contributed by atoms with Gasteiger partial charge in [-0.1, -0.05) is 12.7 Å². The Kier molecular flexibility index (Phi) is 4.90. The number of carboxylic acid groups (broad SMARTS) is 1. The highest BCUT2D eigenvalue weighted by atomic mass is 16.6. The van der Waals surface area contributed by atoms with Gasteiger partial charge in [-0.05, 0) is 19.8 Å². The van der Waals surface area contributed by atoms with Crippen molar-refractivity contribution in [1.29, 1.82) is 0 Å². The van der Waals surface area contributed by atoms with Crippen LogP contribution in [0.2, 0.25) is 0 Å². The van der Waals surface area contributed by atoms with Crippen molar-refractivity contribution in [2.24, 2.45) is 0 Å². The van der Waals surface area contributed by atoms with E-state index in [2.05, 4.69) is 6.58 Å². The second-order valence-corrected chi connectivity index (χ2v) is 3.91. The zero-order valence-corrected chi connectivity index (χ0v) is 9.72. The van der Waals surface area contributed by atoms with E-state index in [1.807, 2.05) is 0 Å². The van der Waals surface area contributed by atoms with E-state index in [1.54, 1.807) is 6.92 Å². The molecular formula is C12H16O5. The summed E-state index contributed by atoms with van der Waals surface area (Å²) in [5.74, 6) is -1.42. The molecule has 2 unspecified atom stereocenters. The summed E-state index contributed by atoms with van der Waals surface area (Å²) in [6.07, 6.45) is 3.31. The molecular weight excluding hydrogens is 224 g/mol. The highest BCUT2D eigenvalue weighted by molar-refractivity contribution is 5.87. The molecule has 1 fully saturated rings. The van der Waals surface area contributed by atoms with Gasteiger partial charge in [0.15, 0.2) is 0 Å². The van der Waals surface area contributed by atoms with Crippen LogP contribution in [0.5, 0.6) is 0 Å². The molecule has 0 radical (unpaired) electrons. The summed E-state index contributed by atoms with van der Waals surface area (Å²) in [5, 5.41) is 8.41. The quantitative estimate of drug-likeness (QED) is 0.412. The first-order chi connectivity index (χ1) is 8.00. The van der Waals surface area contributed by atoms with E-state index < -0.39 is 11.9 Å². The Hall–Kier alpha value is -1.62. The first-order valence-corrected chi connectivity index (χ1v) is 5.38. The predicted molar refractivity (Wildman–Crippen MR) is 60.4 cm³/mol. The van der Waals surface area contributed by atoms with Crippen molar-refractivity contribution >= 4 is 11.9 Å². The summed E-state index contributed by atoms with van der Waals surface area (Å²) in [6.45, 7) is 5.66. The molecule has 1 heterocycles. The minimum atomic E-state index is -0.983. The third-order valence-corrected chi connectivity index (χ3v) is 2.26. The maximum absolute atomic E-state index is 11.3. The molecule has 5 heteroatoms. The van der Waals surface area contributed by atoms with Gasteiger partial charge in [0.05, 0.1) is 6.61 Å². The van der Waals surface area contributed by atoms with E-state index in [0.29, 0.717) is 25.0 Å². The number of esters is 1. The maximum Gasteiger partial charge on any atom is 0.333 e. The number of epoxide rings is 1. The summed E-state index contributed by atoms with van der Waals surface area (Å²) in [7, 11) is 0. The van der Waals surface area contributed by atoms with Crippen molar-refractivity contribution in [2.75, 3.05) is 6.61 Å². The molecule has 0 aromatic rings. The van der Waals surface area contributed by atoms with E-state index >= 15 is 0 Å². The van der Waals surface area contributed by atoms with Gasteiger partial charge in [-0.2, -0.15) is 0 Å². The van der Waals surface area contributed by atoms with Crippen LogP contribution in [-0.4, -0.2) is 35.9 Å². The third-order valence-electron chi connectivity index (χ3n) is 2.26. The predicted octanol–water partition coefficient (Wildman–Crippen LogP) is 1.29. The number of carbonyl (C=O) groups is 2. The van der Waals surface area contributed by atoms with Gasteiger partial charge in [0, 0.05) is 11.6 Å². The van der Waals surface area contributed by atoms with Crippen LogP contribution in [0.25, 0.3) is 0 Å². The van der Waals surface area contributed by atoms with Gasteiger partial charge in [-0.3, -0.25) is 0 Å². The van der Waals surface area contributed by atoms with Gasteiger partial charge >= 0.3 is 11.9 Å². The first-order valence-electron chi connectivity index (χ1n) is 5.38. The smallest absolute Gasteiger partial charge is 0.333 e. The average molecular weight is 240 g/mol. The van der Waals surface area contributed by atoms with E-state index in [9.17, 15) is 9.59 Å². The molecule has 1 N–H and O–H groups in total. The Bertz CT molecular complexity index is 341. The zero-order chi connectivity index (χ0) is 12.8. The fourth-order valence-electron chi connectivity index (χ4n) is 1.27. The van der Waals surface area contributed by atoms with Crippen molar-refractivity contribution in [3.63, 3.8) is 0 Å². The highest BCUT2D eigenvalue weighted by Gasteiger charge is 2.35. The molecule has 5 nitrogen and oxygen atoms in total. The van der Waals surface area contributed by atoms with E-state index in [0.717, 1.165) is 6.08 Å². The minimum Gasteiger partial charge on any atom is -0.478 e. The van der Waals surface area contributed by atoms with Crippen molar-refractivity contribution in [2.45, 2.75) is 32.0 Å². The lowest BCUT2D eigenvalue weighted by Gasteiger charge is -2.14. The van der Waals surface area contributed by atoms with Crippen LogP contribution in [0, 0.1) is 0 Å². The first kappa shape index (κ1) is 13.4. The van der Waals surface area contributed by atoms with Gasteiger partial charge in [0.1, 0.15) is 12.2 Å². The molecule has 1 rings (SSSR count). The standard InChI is InChI=1S/C12H16O5/c1-8(2)12(15)17-9(10-7-16-10)5-3-4-6-11(13)14/h4,6,9-10H,1,3,5,7H2,2H3,(H,13,14). The molecule has 1 aliphatic heterocycles. The van der Waals surface area contributed by atoms with Gasteiger partial charge in [-0.15, -0.1) is 0 Å². The molecule has 0 spiro atoms. The number of hydrogen-bond acceptors (Lipinski definition) is 4. The van der Waals surface area contributed by atoms with Crippen molar-refractivity contribution in [3.8, 4) is 0 Å². The number of ether oxygens (including phenoxy) is 2. The van der Waals surface area contributed by atoms with Crippen molar-refractivity contribution in [1.82, 2.24) is 0 Å². The molecule has 1 aliphatic rings. The van der Waals surface area contributed by atoms with Crippen LogP contribution in [0.15, 0.2) is 24.3 Å². The van der Waals surface area contributed by atoms with Crippen LogP contribution < -0.4 is 0 Å². The van der Waals surface area contributed by atoms with Crippen molar-refractivity contribution < 1.29 is 24.2 Å². The lowest BCUT2D eigenvalue weighted by Crippen LogP contribution is -2.24. The third kappa shape index (κ3) is 5.31. The zero-order valence-electron chi connectivity index (χ0n) is 9.72. The number of rotatable bonds is 7. The van der Waals surface area contributed by atoms with Crippen LogP contribution >= 0.6 is 0 Å².